The van der Waals surface area contributed by atoms with Crippen molar-refractivity contribution in [3.63, 3.8) is 0 Å². The number of nitrogen functional groups attached to an aromatic ring is 1. The van der Waals surface area contributed by atoms with Crippen LogP contribution in [0.1, 0.15) is 23.1 Å². The van der Waals surface area contributed by atoms with E-state index in [1.165, 1.54) is 6.33 Å². The van der Waals surface area contributed by atoms with Crippen molar-refractivity contribution in [1.29, 1.82) is 0 Å². The van der Waals surface area contributed by atoms with E-state index in [0.717, 1.165) is 0 Å². The Morgan fingerprint density at radius 3 is 3.05 bits per heavy atom. The first-order chi connectivity index (χ1) is 9.13. The van der Waals surface area contributed by atoms with Crippen molar-refractivity contribution in [3.8, 4) is 0 Å². The van der Waals surface area contributed by atoms with E-state index in [-0.39, 0.29) is 17.9 Å². The second kappa shape index (κ2) is 5.71. The zero-order valence-corrected chi connectivity index (χ0v) is 11.1. The van der Waals surface area contributed by atoms with Gasteiger partial charge in [0.2, 0.25) is 0 Å². The van der Waals surface area contributed by atoms with Crippen LogP contribution in [-0.4, -0.2) is 20.7 Å². The summed E-state index contributed by atoms with van der Waals surface area (Å²) < 4.78 is 6.80. The van der Waals surface area contributed by atoms with Crippen molar-refractivity contribution in [2.24, 2.45) is 0 Å². The third-order valence-corrected chi connectivity index (χ3v) is 2.93. The van der Waals surface area contributed by atoms with Gasteiger partial charge in [-0.1, -0.05) is 17.7 Å². The summed E-state index contributed by atoms with van der Waals surface area (Å²) in [7, 11) is 0. The summed E-state index contributed by atoms with van der Waals surface area (Å²) in [5.74, 6) is 0.0436. The lowest BCUT2D eigenvalue weighted by atomic mass is 10.2. The molecule has 0 amide bonds. The lowest BCUT2D eigenvalue weighted by molar-refractivity contribution is 0.0458. The molecule has 1 heterocycles. The summed E-state index contributed by atoms with van der Waals surface area (Å²) in [6, 6.07) is 4.82. The fraction of sp³-hybridized carbons (Fsp3) is 0.250. The maximum absolute atomic E-state index is 11.9. The number of benzene rings is 1. The minimum atomic E-state index is -0.536. The van der Waals surface area contributed by atoms with Crippen LogP contribution in [0, 0.1) is 0 Å². The van der Waals surface area contributed by atoms with Gasteiger partial charge in [0.1, 0.15) is 6.33 Å². The zero-order valence-electron chi connectivity index (χ0n) is 10.3. The van der Waals surface area contributed by atoms with Crippen LogP contribution >= 0.6 is 11.6 Å². The standard InChI is InChI=1S/C12H13ClN4O2/c1-2-17-10(15-7-16-17)6-19-12(18)8-4-3-5-9(13)11(8)14/h3-5,7H,2,6,14H2,1H3. The molecule has 100 valence electrons. The highest BCUT2D eigenvalue weighted by molar-refractivity contribution is 6.33. The Labute approximate surface area is 115 Å². The Balaban J connectivity index is 2.08. The Bertz CT molecular complexity index is 597. The molecule has 2 aromatic rings. The Morgan fingerprint density at radius 2 is 2.32 bits per heavy atom. The number of esters is 1. The average molecular weight is 281 g/mol. The highest BCUT2D eigenvalue weighted by atomic mass is 35.5. The Hall–Kier alpha value is -2.08. The van der Waals surface area contributed by atoms with Gasteiger partial charge in [0, 0.05) is 6.54 Å². The highest BCUT2D eigenvalue weighted by Gasteiger charge is 2.14. The van der Waals surface area contributed by atoms with Crippen molar-refractivity contribution < 1.29 is 9.53 Å². The van der Waals surface area contributed by atoms with Crippen molar-refractivity contribution in [2.45, 2.75) is 20.1 Å². The monoisotopic (exact) mass is 280 g/mol. The first kappa shape index (κ1) is 13.4. The third kappa shape index (κ3) is 2.85. The normalized spacial score (nSPS) is 10.4. The van der Waals surface area contributed by atoms with Crippen molar-refractivity contribution in [1.82, 2.24) is 14.8 Å². The van der Waals surface area contributed by atoms with Crippen molar-refractivity contribution >= 4 is 23.3 Å². The smallest absolute Gasteiger partial charge is 0.340 e. The molecule has 2 N–H and O–H groups in total. The van der Waals surface area contributed by atoms with Gasteiger partial charge in [-0.05, 0) is 19.1 Å². The topological polar surface area (TPSA) is 83.0 Å². The van der Waals surface area contributed by atoms with Crippen LogP contribution in [0.25, 0.3) is 0 Å². The fourth-order valence-corrected chi connectivity index (χ4v) is 1.76. The average Bonchev–Trinajstić information content (AvgIpc) is 2.86. The lowest BCUT2D eigenvalue weighted by Crippen LogP contribution is -2.12. The molecule has 0 unspecified atom stereocenters. The second-order valence-corrected chi connectivity index (χ2v) is 4.18. The summed E-state index contributed by atoms with van der Waals surface area (Å²) in [4.78, 5) is 15.9. The summed E-state index contributed by atoms with van der Waals surface area (Å²) in [6.45, 7) is 2.62. The predicted molar refractivity (Wildman–Crippen MR) is 70.7 cm³/mol. The molecule has 1 aromatic carbocycles. The van der Waals surface area contributed by atoms with E-state index in [2.05, 4.69) is 10.1 Å². The molecule has 0 aliphatic rings. The Kier molecular flexibility index (Phi) is 4.01. The van der Waals surface area contributed by atoms with Crippen LogP contribution in [0.5, 0.6) is 0 Å². The number of para-hydroxylation sites is 1. The molecule has 6 nitrogen and oxygen atoms in total. The maximum atomic E-state index is 11.9. The third-order valence-electron chi connectivity index (χ3n) is 2.60. The largest absolute Gasteiger partial charge is 0.454 e. The van der Waals surface area contributed by atoms with Gasteiger partial charge in [0.25, 0.3) is 0 Å². The number of hydrogen-bond acceptors (Lipinski definition) is 5. The number of aryl methyl sites for hydroxylation is 1. The number of halogens is 1. The summed E-state index contributed by atoms with van der Waals surface area (Å²) in [5.41, 5.74) is 6.18. The molecular formula is C12H13ClN4O2. The number of anilines is 1. The number of nitrogens with zero attached hydrogens (tertiary/aromatic N) is 3. The van der Waals surface area contributed by atoms with Crippen LogP contribution in [-0.2, 0) is 17.9 Å². The molecular weight excluding hydrogens is 268 g/mol. The number of nitrogens with two attached hydrogens (primary N) is 1. The molecule has 0 atom stereocenters. The van der Waals surface area contributed by atoms with Gasteiger partial charge in [-0.15, -0.1) is 0 Å². The van der Waals surface area contributed by atoms with Crippen molar-refractivity contribution in [2.75, 3.05) is 5.73 Å². The molecule has 1 aromatic heterocycles. The lowest BCUT2D eigenvalue weighted by Gasteiger charge is -2.08. The second-order valence-electron chi connectivity index (χ2n) is 3.77. The van der Waals surface area contributed by atoms with E-state index in [1.807, 2.05) is 6.92 Å². The fourth-order valence-electron chi connectivity index (χ4n) is 1.59. The van der Waals surface area contributed by atoms with E-state index in [1.54, 1.807) is 22.9 Å². The molecule has 0 radical (unpaired) electrons. The SMILES string of the molecule is CCn1ncnc1COC(=O)c1cccc(Cl)c1N. The number of hydrogen-bond donors (Lipinski definition) is 1. The van der Waals surface area contributed by atoms with Crippen LogP contribution in [0.15, 0.2) is 24.5 Å². The van der Waals surface area contributed by atoms with Gasteiger partial charge in [-0.3, -0.25) is 0 Å². The molecule has 2 rings (SSSR count). The van der Waals surface area contributed by atoms with E-state index in [4.69, 9.17) is 22.1 Å². The molecule has 7 heteroatoms. The van der Waals surface area contributed by atoms with E-state index >= 15 is 0 Å². The van der Waals surface area contributed by atoms with Gasteiger partial charge in [0.05, 0.1) is 16.3 Å². The zero-order chi connectivity index (χ0) is 13.8. The molecule has 0 aliphatic carbocycles. The molecule has 19 heavy (non-hydrogen) atoms. The summed E-state index contributed by atoms with van der Waals surface area (Å²) >= 11 is 5.85. The summed E-state index contributed by atoms with van der Waals surface area (Å²) in [6.07, 6.45) is 1.42. The number of ether oxygens (including phenoxy) is 1. The van der Waals surface area contributed by atoms with E-state index in [0.29, 0.717) is 17.4 Å². The highest BCUT2D eigenvalue weighted by Crippen LogP contribution is 2.23. The van der Waals surface area contributed by atoms with Gasteiger partial charge in [-0.2, -0.15) is 5.10 Å². The number of aromatic nitrogens is 3. The van der Waals surface area contributed by atoms with Crippen molar-refractivity contribution in [3.05, 3.63) is 40.9 Å². The van der Waals surface area contributed by atoms with Crippen LogP contribution in [0.2, 0.25) is 5.02 Å². The Morgan fingerprint density at radius 1 is 1.53 bits per heavy atom. The molecule has 0 saturated carbocycles. The minimum absolute atomic E-state index is 0.0403. The van der Waals surface area contributed by atoms with Gasteiger partial charge in [0.15, 0.2) is 12.4 Å². The van der Waals surface area contributed by atoms with E-state index in [9.17, 15) is 4.79 Å². The summed E-state index contributed by atoms with van der Waals surface area (Å²) in [5, 5.41) is 4.31. The molecule has 0 saturated heterocycles. The van der Waals surface area contributed by atoms with Gasteiger partial charge < -0.3 is 10.5 Å². The maximum Gasteiger partial charge on any atom is 0.340 e. The van der Waals surface area contributed by atoms with Crippen LogP contribution in [0.4, 0.5) is 5.69 Å². The number of rotatable bonds is 4. The van der Waals surface area contributed by atoms with Gasteiger partial charge in [-0.25, -0.2) is 14.5 Å². The molecule has 0 fully saturated rings. The van der Waals surface area contributed by atoms with E-state index < -0.39 is 5.97 Å². The van der Waals surface area contributed by atoms with Crippen LogP contribution in [0.3, 0.4) is 0 Å². The van der Waals surface area contributed by atoms with Gasteiger partial charge >= 0.3 is 5.97 Å². The molecule has 0 bridgehead atoms. The van der Waals surface area contributed by atoms with Crippen LogP contribution < -0.4 is 5.73 Å². The number of carbonyl (C=O) groups is 1. The predicted octanol–water partition coefficient (Wildman–Crippen LogP) is 1.89. The first-order valence-corrected chi connectivity index (χ1v) is 6.09. The first-order valence-electron chi connectivity index (χ1n) is 5.71. The molecule has 0 aliphatic heterocycles. The number of carbonyl (C=O) groups excluding carboxylic acids is 1. The minimum Gasteiger partial charge on any atom is -0.454 e. The molecule has 0 spiro atoms. The quantitative estimate of drug-likeness (QED) is 0.683.